The van der Waals surface area contributed by atoms with Crippen molar-refractivity contribution in [1.82, 2.24) is 20.2 Å². The van der Waals surface area contributed by atoms with Crippen molar-refractivity contribution in [1.29, 1.82) is 0 Å². The van der Waals surface area contributed by atoms with Crippen LogP contribution in [0.1, 0.15) is 37.3 Å². The van der Waals surface area contributed by atoms with Gasteiger partial charge in [-0.3, -0.25) is 4.90 Å². The van der Waals surface area contributed by atoms with Crippen LogP contribution in [0.5, 0.6) is 0 Å². The third-order valence-corrected chi connectivity index (χ3v) is 3.71. The van der Waals surface area contributed by atoms with Gasteiger partial charge in [0.2, 0.25) is 0 Å². The summed E-state index contributed by atoms with van der Waals surface area (Å²) in [5.41, 5.74) is 1.17. The predicted octanol–water partition coefficient (Wildman–Crippen LogP) is 1.78. The van der Waals surface area contributed by atoms with Crippen molar-refractivity contribution in [3.05, 3.63) is 23.8 Å². The summed E-state index contributed by atoms with van der Waals surface area (Å²) < 4.78 is 0. The van der Waals surface area contributed by atoms with Crippen molar-refractivity contribution in [3.8, 4) is 0 Å². The third kappa shape index (κ3) is 3.06. The molecule has 1 aliphatic heterocycles. The number of likely N-dealkylation sites (tertiary alicyclic amines) is 1. The Balaban J connectivity index is 2.07. The van der Waals surface area contributed by atoms with Crippen LogP contribution in [0.15, 0.2) is 12.3 Å². The van der Waals surface area contributed by atoms with Gasteiger partial charge >= 0.3 is 0 Å². The molecule has 0 amide bonds. The lowest BCUT2D eigenvalue weighted by Crippen LogP contribution is -2.29. The monoisotopic (exact) mass is 248 g/mol. The minimum absolute atomic E-state index is 0.441. The largest absolute Gasteiger partial charge is 0.316 e. The number of nitrogens with one attached hydrogen (secondary N) is 1. The molecule has 0 bridgehead atoms. The molecule has 0 aliphatic carbocycles. The van der Waals surface area contributed by atoms with E-state index >= 15 is 0 Å². The van der Waals surface area contributed by atoms with Gasteiger partial charge in [-0.2, -0.15) is 0 Å². The van der Waals surface area contributed by atoms with Crippen LogP contribution in [0.25, 0.3) is 0 Å². The highest BCUT2D eigenvalue weighted by atomic mass is 15.2. The molecule has 4 heteroatoms. The molecule has 1 aliphatic rings. The van der Waals surface area contributed by atoms with E-state index in [1.54, 1.807) is 0 Å². The first-order valence-corrected chi connectivity index (χ1v) is 6.93. The summed E-state index contributed by atoms with van der Waals surface area (Å²) in [5, 5.41) is 3.54. The first-order valence-electron chi connectivity index (χ1n) is 6.93. The fourth-order valence-corrected chi connectivity index (χ4v) is 2.81. The molecular formula is C14H24N4. The number of hydrogen-bond donors (Lipinski definition) is 1. The third-order valence-electron chi connectivity index (χ3n) is 3.71. The van der Waals surface area contributed by atoms with Gasteiger partial charge in [-0.15, -0.1) is 0 Å². The van der Waals surface area contributed by atoms with Crippen LogP contribution in [0, 0.1) is 12.8 Å². The van der Waals surface area contributed by atoms with E-state index in [1.165, 1.54) is 18.5 Å². The van der Waals surface area contributed by atoms with Crippen molar-refractivity contribution in [3.63, 3.8) is 0 Å². The van der Waals surface area contributed by atoms with Gasteiger partial charge in [-0.25, -0.2) is 9.97 Å². The number of hydrogen-bond acceptors (Lipinski definition) is 4. The maximum Gasteiger partial charge on any atom is 0.125 e. The standard InChI is InChI=1S/C14H24N4/c1-4-7-15-10-12-6-9-18(3)14(12)13-5-8-16-11(2)17-13/h5,8,12,14-15H,4,6-7,9-10H2,1-3H3. The van der Waals surface area contributed by atoms with Crippen LogP contribution in [-0.4, -0.2) is 41.5 Å². The molecule has 0 saturated carbocycles. The van der Waals surface area contributed by atoms with Crippen molar-refractivity contribution in [2.24, 2.45) is 5.92 Å². The molecule has 18 heavy (non-hydrogen) atoms. The van der Waals surface area contributed by atoms with Crippen LogP contribution in [-0.2, 0) is 0 Å². The molecule has 100 valence electrons. The lowest BCUT2D eigenvalue weighted by atomic mass is 9.97. The summed E-state index contributed by atoms with van der Waals surface area (Å²) in [5.74, 6) is 1.53. The topological polar surface area (TPSA) is 41.0 Å². The highest BCUT2D eigenvalue weighted by Crippen LogP contribution is 2.34. The molecule has 0 aromatic carbocycles. The Morgan fingerprint density at radius 2 is 2.33 bits per heavy atom. The molecule has 2 atom stereocenters. The zero-order chi connectivity index (χ0) is 13.0. The van der Waals surface area contributed by atoms with Crippen molar-refractivity contribution < 1.29 is 0 Å². The van der Waals surface area contributed by atoms with Gasteiger partial charge < -0.3 is 5.32 Å². The highest BCUT2D eigenvalue weighted by molar-refractivity contribution is 5.11. The first-order chi connectivity index (χ1) is 8.72. The molecule has 0 spiro atoms. The number of aryl methyl sites for hydroxylation is 1. The van der Waals surface area contributed by atoms with E-state index in [9.17, 15) is 0 Å². The van der Waals surface area contributed by atoms with Gasteiger partial charge in [0.25, 0.3) is 0 Å². The van der Waals surface area contributed by atoms with E-state index < -0.39 is 0 Å². The Labute approximate surface area is 110 Å². The van der Waals surface area contributed by atoms with Gasteiger partial charge in [0.15, 0.2) is 0 Å². The van der Waals surface area contributed by atoms with E-state index in [0.717, 1.165) is 25.5 Å². The lowest BCUT2D eigenvalue weighted by molar-refractivity contribution is 0.266. The Kier molecular flexibility index (Phi) is 4.66. The van der Waals surface area contributed by atoms with Gasteiger partial charge in [-0.05, 0) is 58.4 Å². The number of aromatic nitrogens is 2. The second kappa shape index (κ2) is 6.25. The average Bonchev–Trinajstić information content (AvgIpc) is 2.71. The number of nitrogens with zero attached hydrogens (tertiary/aromatic N) is 3. The van der Waals surface area contributed by atoms with Crippen LogP contribution in [0.4, 0.5) is 0 Å². The Morgan fingerprint density at radius 1 is 1.50 bits per heavy atom. The molecule has 2 heterocycles. The smallest absolute Gasteiger partial charge is 0.125 e. The average molecular weight is 248 g/mol. The summed E-state index contributed by atoms with van der Waals surface area (Å²) in [6.45, 7) is 7.52. The Hall–Kier alpha value is -1.00. The van der Waals surface area contributed by atoms with Crippen molar-refractivity contribution in [2.45, 2.75) is 32.7 Å². The molecule has 0 radical (unpaired) electrons. The Morgan fingerprint density at radius 3 is 3.06 bits per heavy atom. The fourth-order valence-electron chi connectivity index (χ4n) is 2.81. The van der Waals surface area contributed by atoms with Gasteiger partial charge in [0.1, 0.15) is 5.82 Å². The summed E-state index contributed by atoms with van der Waals surface area (Å²) >= 11 is 0. The van der Waals surface area contributed by atoms with E-state index in [2.05, 4.69) is 40.2 Å². The minimum atomic E-state index is 0.441. The minimum Gasteiger partial charge on any atom is -0.316 e. The van der Waals surface area contributed by atoms with Crippen LogP contribution in [0.2, 0.25) is 0 Å². The molecule has 1 aromatic rings. The molecule has 1 fully saturated rings. The second-order valence-electron chi connectivity index (χ2n) is 5.21. The van der Waals surface area contributed by atoms with Crippen molar-refractivity contribution in [2.75, 3.05) is 26.7 Å². The summed E-state index contributed by atoms with van der Waals surface area (Å²) in [4.78, 5) is 11.2. The van der Waals surface area contributed by atoms with E-state index in [1.807, 2.05) is 13.1 Å². The molecule has 2 rings (SSSR count). The summed E-state index contributed by atoms with van der Waals surface area (Å²) in [6.07, 6.45) is 4.32. The normalized spacial score (nSPS) is 24.6. The maximum atomic E-state index is 4.60. The summed E-state index contributed by atoms with van der Waals surface area (Å²) in [6, 6.07) is 2.50. The fraction of sp³-hybridized carbons (Fsp3) is 0.714. The predicted molar refractivity (Wildman–Crippen MR) is 73.4 cm³/mol. The van der Waals surface area contributed by atoms with E-state index in [4.69, 9.17) is 0 Å². The molecule has 1 N–H and O–H groups in total. The van der Waals surface area contributed by atoms with Gasteiger partial charge in [0.05, 0.1) is 11.7 Å². The molecule has 2 unspecified atom stereocenters. The van der Waals surface area contributed by atoms with Crippen LogP contribution < -0.4 is 5.32 Å². The first kappa shape index (κ1) is 13.4. The van der Waals surface area contributed by atoms with E-state index in [-0.39, 0.29) is 0 Å². The SMILES string of the molecule is CCCNCC1CCN(C)C1c1ccnc(C)n1. The van der Waals surface area contributed by atoms with Crippen molar-refractivity contribution >= 4 is 0 Å². The number of rotatable bonds is 5. The maximum absolute atomic E-state index is 4.60. The molecule has 1 saturated heterocycles. The lowest BCUT2D eigenvalue weighted by Gasteiger charge is -2.25. The van der Waals surface area contributed by atoms with E-state index in [0.29, 0.717) is 12.0 Å². The quantitative estimate of drug-likeness (QED) is 0.806. The van der Waals surface area contributed by atoms with Gasteiger partial charge in [0, 0.05) is 6.20 Å². The van der Waals surface area contributed by atoms with Crippen LogP contribution >= 0.6 is 0 Å². The molecule has 1 aromatic heterocycles. The Bertz CT molecular complexity index is 380. The van der Waals surface area contributed by atoms with Gasteiger partial charge in [-0.1, -0.05) is 6.92 Å². The zero-order valence-corrected chi connectivity index (χ0v) is 11.7. The van der Waals surface area contributed by atoms with Crippen LogP contribution in [0.3, 0.4) is 0 Å². The molecule has 4 nitrogen and oxygen atoms in total. The molecular weight excluding hydrogens is 224 g/mol. The second-order valence-corrected chi connectivity index (χ2v) is 5.21. The highest BCUT2D eigenvalue weighted by Gasteiger charge is 2.33. The summed E-state index contributed by atoms with van der Waals surface area (Å²) in [7, 11) is 2.20. The zero-order valence-electron chi connectivity index (χ0n) is 11.7.